The summed E-state index contributed by atoms with van der Waals surface area (Å²) in [6.07, 6.45) is 0.336. The highest BCUT2D eigenvalue weighted by Gasteiger charge is 2.64. The maximum absolute atomic E-state index is 14.0. The first-order valence-corrected chi connectivity index (χ1v) is 12.5. The van der Waals surface area contributed by atoms with Crippen LogP contribution < -0.4 is 5.73 Å². The molecule has 1 aromatic carbocycles. The Labute approximate surface area is 216 Å². The summed E-state index contributed by atoms with van der Waals surface area (Å²) in [5.74, 6) is -7.62. The summed E-state index contributed by atoms with van der Waals surface area (Å²) in [7, 11) is 0. The molecule has 3 aliphatic carbocycles. The fourth-order valence-corrected chi connectivity index (χ4v) is 6.50. The largest absolute Gasteiger partial charge is 0.508 e. The normalized spacial score (nSPS) is 27.7. The second-order valence-corrected chi connectivity index (χ2v) is 12.0. The number of fused-ring (bicyclic) bond motifs is 3. The van der Waals surface area contributed by atoms with E-state index in [1.165, 1.54) is 0 Å². The van der Waals surface area contributed by atoms with Crippen molar-refractivity contribution in [2.24, 2.45) is 29.4 Å². The Kier molecular flexibility index (Phi) is 5.99. The van der Waals surface area contributed by atoms with Gasteiger partial charge in [0.2, 0.25) is 5.78 Å². The number of aliphatic hydroxyl groups is 3. The molecule has 37 heavy (non-hydrogen) atoms. The quantitative estimate of drug-likeness (QED) is 0.389. The predicted molar refractivity (Wildman–Crippen MR) is 139 cm³/mol. The number of allylic oxidation sites excluding steroid dienone is 1. The minimum atomic E-state index is -2.61. The molecule has 6 N–H and O–H groups in total. The maximum Gasteiger partial charge on any atom is 0.255 e. The molecule has 1 amide bonds. The molecule has 0 saturated heterocycles. The highest BCUT2D eigenvalue weighted by Crippen LogP contribution is 2.55. The number of nitrogens with two attached hydrogens (primary N) is 1. The third-order valence-corrected chi connectivity index (χ3v) is 8.24. The van der Waals surface area contributed by atoms with Gasteiger partial charge in [-0.15, -0.1) is 0 Å². The first-order chi connectivity index (χ1) is 17.0. The van der Waals surface area contributed by atoms with Crippen molar-refractivity contribution < 1.29 is 34.8 Å². The van der Waals surface area contributed by atoms with Crippen LogP contribution in [0.15, 0.2) is 29.6 Å². The standard InChI is InChI=1S/C29H35NO7/c1-11(2)14-10-17(28(5,6)7)22(31)20-15(14)8-13-9-16-18(12(3)4)23(32)21(27(30)36)26(35)29(16,37)25(34)19(13)24(20)33/h10,12-13,16,18,31,33,35,37H,1,8-9H2,2-7H3,(H2,30,36)/t13-,16-,18-,29-/m0/s1. The summed E-state index contributed by atoms with van der Waals surface area (Å²) in [5, 5.41) is 45.5. The number of phenolic OH excluding ortho intramolecular Hbond substituents is 1. The average Bonchev–Trinajstić information content (AvgIpc) is 2.74. The number of hydrogen-bond acceptors (Lipinski definition) is 7. The minimum Gasteiger partial charge on any atom is -0.508 e. The fraction of sp³-hybridized carbons (Fsp3) is 0.483. The third-order valence-electron chi connectivity index (χ3n) is 8.24. The van der Waals surface area contributed by atoms with Gasteiger partial charge in [-0.3, -0.25) is 14.4 Å². The summed E-state index contributed by atoms with van der Waals surface area (Å²) in [4.78, 5) is 39.3. The second-order valence-electron chi connectivity index (χ2n) is 12.0. The lowest BCUT2D eigenvalue weighted by molar-refractivity contribution is -0.155. The van der Waals surface area contributed by atoms with Gasteiger partial charge in [-0.05, 0) is 54.2 Å². The minimum absolute atomic E-state index is 0.0865. The summed E-state index contributed by atoms with van der Waals surface area (Å²) >= 11 is 0. The molecule has 0 unspecified atom stereocenters. The zero-order chi connectivity index (χ0) is 27.9. The van der Waals surface area contributed by atoms with E-state index in [4.69, 9.17) is 5.73 Å². The Bertz CT molecular complexity index is 1340. The number of benzene rings is 1. The van der Waals surface area contributed by atoms with Crippen molar-refractivity contribution in [3.8, 4) is 5.75 Å². The van der Waals surface area contributed by atoms with Crippen LogP contribution in [-0.2, 0) is 26.2 Å². The van der Waals surface area contributed by atoms with Crippen LogP contribution in [0.2, 0.25) is 0 Å². The molecule has 8 heteroatoms. The van der Waals surface area contributed by atoms with Crippen molar-refractivity contribution in [3.63, 3.8) is 0 Å². The van der Waals surface area contributed by atoms with E-state index >= 15 is 0 Å². The number of phenols is 1. The zero-order valence-corrected chi connectivity index (χ0v) is 22.1. The number of ketones is 2. The summed E-state index contributed by atoms with van der Waals surface area (Å²) in [6, 6.07) is 1.85. The van der Waals surface area contributed by atoms with Gasteiger partial charge in [0, 0.05) is 23.0 Å². The van der Waals surface area contributed by atoms with Gasteiger partial charge in [-0.2, -0.15) is 0 Å². The van der Waals surface area contributed by atoms with Gasteiger partial charge in [0.15, 0.2) is 11.4 Å². The Morgan fingerprint density at radius 3 is 2.27 bits per heavy atom. The van der Waals surface area contributed by atoms with Gasteiger partial charge in [0.05, 0.1) is 5.56 Å². The smallest absolute Gasteiger partial charge is 0.255 e. The van der Waals surface area contributed by atoms with Crippen LogP contribution in [-0.4, -0.2) is 43.5 Å². The highest BCUT2D eigenvalue weighted by atomic mass is 16.3. The first kappa shape index (κ1) is 26.7. The molecule has 4 rings (SSSR count). The molecule has 0 heterocycles. The molecule has 0 spiro atoms. The molecular formula is C29H35NO7. The summed E-state index contributed by atoms with van der Waals surface area (Å²) < 4.78 is 0. The SMILES string of the molecule is C=C(C)c1cc(C(C)(C)C)c(O)c2c1C[C@H]1C[C@H]3[C@H](C(C)C)C(=O)C(C(N)=O)=C(O)[C@@]3(O)C(=O)C1=C2O. The van der Waals surface area contributed by atoms with Crippen molar-refractivity contribution >= 4 is 28.8 Å². The predicted octanol–water partition coefficient (Wildman–Crippen LogP) is 3.64. The van der Waals surface area contributed by atoms with Crippen LogP contribution in [0.3, 0.4) is 0 Å². The lowest BCUT2D eigenvalue weighted by Crippen LogP contribution is -2.62. The number of hydrogen-bond donors (Lipinski definition) is 5. The lowest BCUT2D eigenvalue weighted by Gasteiger charge is -2.50. The lowest BCUT2D eigenvalue weighted by atomic mass is 9.54. The zero-order valence-electron chi connectivity index (χ0n) is 22.1. The molecular weight excluding hydrogens is 474 g/mol. The van der Waals surface area contributed by atoms with Gasteiger partial charge in [0.25, 0.3) is 5.91 Å². The molecule has 8 nitrogen and oxygen atoms in total. The molecule has 0 aromatic heterocycles. The van der Waals surface area contributed by atoms with Crippen molar-refractivity contribution in [3.05, 3.63) is 51.8 Å². The van der Waals surface area contributed by atoms with Gasteiger partial charge >= 0.3 is 0 Å². The monoisotopic (exact) mass is 509 g/mol. The molecule has 4 atom stereocenters. The van der Waals surface area contributed by atoms with Crippen molar-refractivity contribution in [1.82, 2.24) is 0 Å². The Morgan fingerprint density at radius 2 is 1.78 bits per heavy atom. The molecule has 1 aromatic rings. The van der Waals surface area contributed by atoms with E-state index in [1.54, 1.807) is 13.8 Å². The van der Waals surface area contributed by atoms with E-state index in [9.17, 15) is 34.8 Å². The van der Waals surface area contributed by atoms with Crippen LogP contribution in [0, 0.1) is 23.7 Å². The molecule has 3 aliphatic rings. The third kappa shape index (κ3) is 3.56. The van der Waals surface area contributed by atoms with Crippen molar-refractivity contribution in [1.29, 1.82) is 0 Å². The van der Waals surface area contributed by atoms with Crippen LogP contribution >= 0.6 is 0 Å². The number of primary amides is 1. The molecule has 1 saturated carbocycles. The van der Waals surface area contributed by atoms with Crippen LogP contribution in [0.1, 0.15) is 70.2 Å². The molecule has 0 radical (unpaired) electrons. The van der Waals surface area contributed by atoms with Crippen LogP contribution in [0.4, 0.5) is 0 Å². The average molecular weight is 510 g/mol. The van der Waals surface area contributed by atoms with Crippen molar-refractivity contribution in [2.45, 2.75) is 65.4 Å². The number of carbonyl (C=O) groups excluding carboxylic acids is 3. The van der Waals surface area contributed by atoms with Crippen molar-refractivity contribution in [2.75, 3.05) is 0 Å². The van der Waals surface area contributed by atoms with E-state index in [2.05, 4.69) is 6.58 Å². The van der Waals surface area contributed by atoms with Gasteiger partial charge < -0.3 is 26.2 Å². The molecule has 0 bridgehead atoms. The van der Waals surface area contributed by atoms with E-state index < -0.39 is 63.3 Å². The number of aromatic hydroxyl groups is 1. The Balaban J connectivity index is 2.04. The molecule has 0 aliphatic heterocycles. The number of Topliss-reactive ketones (excluding diaryl/α,β-unsaturated/α-hetero) is 2. The number of carbonyl (C=O) groups is 3. The molecule has 1 fully saturated rings. The van der Waals surface area contributed by atoms with Gasteiger partial charge in [0.1, 0.15) is 22.8 Å². The topological polar surface area (TPSA) is 158 Å². The van der Waals surface area contributed by atoms with E-state index in [0.717, 1.165) is 11.1 Å². The molecule has 198 valence electrons. The van der Waals surface area contributed by atoms with Gasteiger partial charge in [-0.1, -0.05) is 46.8 Å². The maximum atomic E-state index is 14.0. The van der Waals surface area contributed by atoms with E-state index in [1.807, 2.05) is 33.8 Å². The first-order valence-electron chi connectivity index (χ1n) is 12.5. The van der Waals surface area contributed by atoms with E-state index in [0.29, 0.717) is 11.1 Å². The van der Waals surface area contributed by atoms with Crippen LogP contribution in [0.25, 0.3) is 11.3 Å². The van der Waals surface area contributed by atoms with Crippen LogP contribution in [0.5, 0.6) is 5.75 Å². The second kappa shape index (κ2) is 8.31. The van der Waals surface area contributed by atoms with E-state index in [-0.39, 0.29) is 35.6 Å². The Morgan fingerprint density at radius 1 is 1.19 bits per heavy atom. The summed E-state index contributed by atoms with van der Waals surface area (Å²) in [5.41, 5.74) is 4.07. The fourth-order valence-electron chi connectivity index (χ4n) is 6.50. The summed E-state index contributed by atoms with van der Waals surface area (Å²) in [6.45, 7) is 15.1. The highest BCUT2D eigenvalue weighted by molar-refractivity contribution is 6.23. The number of aliphatic hydroxyl groups excluding tert-OH is 2. The number of rotatable bonds is 3. The number of amides is 1. The van der Waals surface area contributed by atoms with Gasteiger partial charge in [-0.25, -0.2) is 0 Å². The Hall–Kier alpha value is -3.39.